The second-order valence-electron chi connectivity index (χ2n) is 5.00. The van der Waals surface area contributed by atoms with E-state index in [1.165, 1.54) is 22.8 Å². The number of aliphatic hydroxyl groups excluding tert-OH is 1. The summed E-state index contributed by atoms with van der Waals surface area (Å²) in [5.74, 6) is 5.50. The number of hydrogen-bond acceptors (Lipinski definition) is 6. The lowest BCUT2D eigenvalue weighted by Gasteiger charge is -2.32. The summed E-state index contributed by atoms with van der Waals surface area (Å²) in [7, 11) is -3.61. The number of anilines is 1. The molecule has 1 saturated heterocycles. The number of pyridine rings is 1. The largest absolute Gasteiger partial charge is 0.393 e. The Balaban J connectivity index is 2.20. The fourth-order valence-electron chi connectivity index (χ4n) is 2.44. The average Bonchev–Trinajstić information content (AvgIpc) is 2.47. The van der Waals surface area contributed by atoms with E-state index in [1.54, 1.807) is 6.92 Å². The Labute approximate surface area is 118 Å². The Hall–Kier alpha value is -1.22. The lowest BCUT2D eigenvalue weighted by Crippen LogP contribution is -2.41. The molecule has 1 unspecified atom stereocenters. The monoisotopic (exact) mass is 300 g/mol. The second kappa shape index (κ2) is 6.04. The molecule has 1 aliphatic rings. The van der Waals surface area contributed by atoms with E-state index in [4.69, 9.17) is 5.84 Å². The van der Waals surface area contributed by atoms with Crippen LogP contribution in [0.5, 0.6) is 0 Å². The highest BCUT2D eigenvalue weighted by Crippen LogP contribution is 2.28. The maximum atomic E-state index is 12.6. The molecule has 1 aromatic heterocycles. The van der Waals surface area contributed by atoms with Gasteiger partial charge in [-0.2, -0.15) is 4.31 Å². The first-order valence-corrected chi connectivity index (χ1v) is 7.99. The number of sulfonamides is 1. The molecule has 0 saturated carbocycles. The first kappa shape index (κ1) is 15.2. The SMILES string of the molecule is CC(O)C1CCN(S(=O)(=O)c2cnccc2NN)CC1. The minimum atomic E-state index is -3.61. The molecule has 0 spiro atoms. The number of piperidine rings is 1. The maximum absolute atomic E-state index is 12.6. The second-order valence-corrected chi connectivity index (χ2v) is 6.90. The van der Waals surface area contributed by atoms with Gasteiger partial charge in [-0.05, 0) is 31.7 Å². The molecule has 0 aliphatic carbocycles. The standard InChI is InChI=1S/C12H20N4O3S/c1-9(17)10-3-6-16(7-4-10)20(18,19)12-8-14-5-2-11(12)15-13/h2,5,8-10,17H,3-4,6-7,13H2,1H3,(H,14,15). The zero-order chi connectivity index (χ0) is 14.8. The summed E-state index contributed by atoms with van der Waals surface area (Å²) < 4.78 is 26.6. The van der Waals surface area contributed by atoms with Gasteiger partial charge in [0.2, 0.25) is 10.0 Å². The number of hydrogen-bond donors (Lipinski definition) is 3. The van der Waals surface area contributed by atoms with Crippen molar-refractivity contribution in [3.63, 3.8) is 0 Å². The summed E-state index contributed by atoms with van der Waals surface area (Å²) in [6.45, 7) is 2.54. The van der Waals surface area contributed by atoms with Gasteiger partial charge in [0.25, 0.3) is 0 Å². The third-order valence-electron chi connectivity index (χ3n) is 3.74. The molecular weight excluding hydrogens is 280 g/mol. The van der Waals surface area contributed by atoms with Crippen molar-refractivity contribution >= 4 is 15.7 Å². The van der Waals surface area contributed by atoms with Crippen molar-refractivity contribution in [1.29, 1.82) is 0 Å². The molecule has 1 fully saturated rings. The van der Waals surface area contributed by atoms with Gasteiger partial charge in [-0.25, -0.2) is 8.42 Å². The number of nitrogens with zero attached hydrogens (tertiary/aromatic N) is 2. The van der Waals surface area contributed by atoms with Crippen LogP contribution in [0.3, 0.4) is 0 Å². The molecule has 20 heavy (non-hydrogen) atoms. The summed E-state index contributed by atoms with van der Waals surface area (Å²) in [4.78, 5) is 3.94. The van der Waals surface area contributed by atoms with Crippen LogP contribution in [0.2, 0.25) is 0 Å². The molecular formula is C12H20N4O3S. The van der Waals surface area contributed by atoms with E-state index in [0.29, 0.717) is 31.6 Å². The van der Waals surface area contributed by atoms with Gasteiger partial charge in [0.05, 0.1) is 11.8 Å². The average molecular weight is 300 g/mol. The number of nitrogens with one attached hydrogen (secondary N) is 1. The molecule has 4 N–H and O–H groups in total. The van der Waals surface area contributed by atoms with Gasteiger partial charge < -0.3 is 10.5 Å². The van der Waals surface area contributed by atoms with Crippen LogP contribution in [0.15, 0.2) is 23.4 Å². The molecule has 2 rings (SSSR count). The van der Waals surface area contributed by atoms with Crippen LogP contribution in [-0.4, -0.2) is 42.0 Å². The van der Waals surface area contributed by atoms with Crippen LogP contribution in [0.4, 0.5) is 5.69 Å². The summed E-state index contributed by atoms with van der Waals surface area (Å²) in [5, 5.41) is 9.56. The Bertz CT molecular complexity index is 554. The van der Waals surface area contributed by atoms with E-state index >= 15 is 0 Å². The molecule has 0 bridgehead atoms. The van der Waals surface area contributed by atoms with Crippen molar-refractivity contribution in [1.82, 2.24) is 9.29 Å². The Morgan fingerprint density at radius 2 is 2.15 bits per heavy atom. The summed E-state index contributed by atoms with van der Waals surface area (Å²) in [6.07, 6.45) is 3.68. The minimum absolute atomic E-state index is 0.0815. The van der Waals surface area contributed by atoms with Crippen LogP contribution in [0.1, 0.15) is 19.8 Å². The predicted octanol–water partition coefficient (Wildman–Crippen LogP) is 0.149. The number of nitrogen functional groups attached to an aromatic ring is 1. The van der Waals surface area contributed by atoms with Crippen molar-refractivity contribution in [2.45, 2.75) is 30.8 Å². The zero-order valence-electron chi connectivity index (χ0n) is 11.4. The number of nitrogens with two attached hydrogens (primary N) is 1. The van der Waals surface area contributed by atoms with Crippen molar-refractivity contribution in [3.05, 3.63) is 18.5 Å². The molecule has 1 atom stereocenters. The van der Waals surface area contributed by atoms with E-state index in [9.17, 15) is 13.5 Å². The molecule has 0 amide bonds. The van der Waals surface area contributed by atoms with Crippen LogP contribution in [0, 0.1) is 5.92 Å². The van der Waals surface area contributed by atoms with E-state index in [2.05, 4.69) is 10.4 Å². The normalized spacial score (nSPS) is 19.8. The smallest absolute Gasteiger partial charge is 0.246 e. The van der Waals surface area contributed by atoms with Crippen molar-refractivity contribution < 1.29 is 13.5 Å². The molecule has 112 valence electrons. The molecule has 0 aromatic carbocycles. The number of rotatable bonds is 4. The number of aliphatic hydroxyl groups is 1. The maximum Gasteiger partial charge on any atom is 0.246 e. The molecule has 1 aliphatic heterocycles. The number of aromatic nitrogens is 1. The quantitative estimate of drug-likeness (QED) is 0.539. The molecule has 7 nitrogen and oxygen atoms in total. The molecule has 0 radical (unpaired) electrons. The van der Waals surface area contributed by atoms with E-state index in [-0.39, 0.29) is 10.8 Å². The van der Waals surface area contributed by atoms with Gasteiger partial charge in [0.1, 0.15) is 4.90 Å². The Kier molecular flexibility index (Phi) is 4.59. The van der Waals surface area contributed by atoms with Gasteiger partial charge in [0.15, 0.2) is 0 Å². The van der Waals surface area contributed by atoms with Crippen molar-refractivity contribution in [2.24, 2.45) is 11.8 Å². The molecule has 8 heteroatoms. The van der Waals surface area contributed by atoms with Gasteiger partial charge in [-0.1, -0.05) is 0 Å². The van der Waals surface area contributed by atoms with Gasteiger partial charge in [0, 0.05) is 25.5 Å². The van der Waals surface area contributed by atoms with Crippen LogP contribution in [-0.2, 0) is 10.0 Å². The van der Waals surface area contributed by atoms with E-state index in [0.717, 1.165) is 0 Å². The Morgan fingerprint density at radius 3 is 2.70 bits per heavy atom. The summed E-state index contributed by atoms with van der Waals surface area (Å²) in [6, 6.07) is 1.52. The Morgan fingerprint density at radius 1 is 1.50 bits per heavy atom. The topological polar surface area (TPSA) is 109 Å². The first-order valence-electron chi connectivity index (χ1n) is 6.55. The molecule has 2 heterocycles. The highest BCUT2D eigenvalue weighted by atomic mass is 32.2. The van der Waals surface area contributed by atoms with Crippen molar-refractivity contribution in [2.75, 3.05) is 18.5 Å². The van der Waals surface area contributed by atoms with Crippen molar-refractivity contribution in [3.8, 4) is 0 Å². The van der Waals surface area contributed by atoms with Gasteiger partial charge in [-0.15, -0.1) is 0 Å². The lowest BCUT2D eigenvalue weighted by molar-refractivity contribution is 0.0912. The zero-order valence-corrected chi connectivity index (χ0v) is 12.2. The van der Waals surface area contributed by atoms with Gasteiger partial charge >= 0.3 is 0 Å². The highest BCUT2D eigenvalue weighted by Gasteiger charge is 2.32. The number of hydrazine groups is 1. The molecule has 1 aromatic rings. The fraction of sp³-hybridized carbons (Fsp3) is 0.583. The summed E-state index contributed by atoms with van der Waals surface area (Å²) >= 11 is 0. The van der Waals surface area contributed by atoms with Crippen LogP contribution >= 0.6 is 0 Å². The van der Waals surface area contributed by atoms with Gasteiger partial charge in [-0.3, -0.25) is 10.8 Å². The van der Waals surface area contributed by atoms with Crippen LogP contribution < -0.4 is 11.3 Å². The third kappa shape index (κ3) is 2.93. The summed E-state index contributed by atoms with van der Waals surface area (Å²) in [5.41, 5.74) is 2.71. The highest BCUT2D eigenvalue weighted by molar-refractivity contribution is 7.89. The minimum Gasteiger partial charge on any atom is -0.393 e. The van der Waals surface area contributed by atoms with E-state index < -0.39 is 16.1 Å². The lowest BCUT2D eigenvalue weighted by atomic mass is 9.93. The van der Waals surface area contributed by atoms with E-state index in [1.807, 2.05) is 0 Å². The fourth-order valence-corrected chi connectivity index (χ4v) is 4.01. The third-order valence-corrected chi connectivity index (χ3v) is 5.66. The van der Waals surface area contributed by atoms with Crippen LogP contribution in [0.25, 0.3) is 0 Å². The first-order chi connectivity index (χ1) is 9.46. The predicted molar refractivity (Wildman–Crippen MR) is 75.2 cm³/mol.